The number of anilines is 2. The number of amides is 2. The molecule has 1 rings (SSSR count). The zero-order chi connectivity index (χ0) is 14.6. The SMILES string of the molecule is CNC(=O)C(C)(C)CNc1ccc(C(N)=O)cc1N. The molecule has 0 aliphatic carbocycles. The van der Waals surface area contributed by atoms with Crippen LogP contribution in [0.2, 0.25) is 0 Å². The summed E-state index contributed by atoms with van der Waals surface area (Å²) in [4.78, 5) is 22.6. The Hall–Kier alpha value is -2.24. The van der Waals surface area contributed by atoms with Crippen molar-refractivity contribution in [1.29, 1.82) is 0 Å². The van der Waals surface area contributed by atoms with Crippen molar-refractivity contribution in [3.8, 4) is 0 Å². The highest BCUT2D eigenvalue weighted by molar-refractivity contribution is 5.94. The molecule has 0 radical (unpaired) electrons. The Morgan fingerprint density at radius 1 is 1.32 bits per heavy atom. The zero-order valence-corrected chi connectivity index (χ0v) is 11.4. The summed E-state index contributed by atoms with van der Waals surface area (Å²) in [5, 5.41) is 5.71. The minimum absolute atomic E-state index is 0.0627. The van der Waals surface area contributed by atoms with E-state index in [1.54, 1.807) is 19.2 Å². The number of nitrogens with one attached hydrogen (secondary N) is 2. The fourth-order valence-electron chi connectivity index (χ4n) is 1.61. The molecular weight excluding hydrogens is 244 g/mol. The van der Waals surface area contributed by atoms with Gasteiger partial charge in [0.15, 0.2) is 0 Å². The number of primary amides is 1. The van der Waals surface area contributed by atoms with Gasteiger partial charge in [-0.15, -0.1) is 0 Å². The van der Waals surface area contributed by atoms with E-state index in [1.807, 2.05) is 13.8 Å². The summed E-state index contributed by atoms with van der Waals surface area (Å²) in [6.07, 6.45) is 0. The summed E-state index contributed by atoms with van der Waals surface area (Å²) in [7, 11) is 1.60. The molecular formula is C13H20N4O2. The molecule has 6 N–H and O–H groups in total. The van der Waals surface area contributed by atoms with Crippen molar-refractivity contribution in [3.05, 3.63) is 23.8 Å². The first-order chi connectivity index (χ1) is 8.77. The lowest BCUT2D eigenvalue weighted by molar-refractivity contribution is -0.128. The van der Waals surface area contributed by atoms with Gasteiger partial charge in [0.05, 0.1) is 16.8 Å². The second-order valence-corrected chi connectivity index (χ2v) is 4.98. The first-order valence-electron chi connectivity index (χ1n) is 5.93. The summed E-state index contributed by atoms with van der Waals surface area (Å²) in [6, 6.07) is 4.78. The van der Waals surface area contributed by atoms with Crippen molar-refractivity contribution < 1.29 is 9.59 Å². The molecule has 0 saturated carbocycles. The van der Waals surface area contributed by atoms with Crippen LogP contribution in [0, 0.1) is 5.41 Å². The molecule has 0 aromatic heterocycles. The molecule has 6 nitrogen and oxygen atoms in total. The molecule has 6 heteroatoms. The van der Waals surface area contributed by atoms with Crippen LogP contribution in [0.3, 0.4) is 0 Å². The van der Waals surface area contributed by atoms with Crippen LogP contribution in [0.5, 0.6) is 0 Å². The highest BCUT2D eigenvalue weighted by atomic mass is 16.2. The average Bonchev–Trinajstić information content (AvgIpc) is 2.36. The van der Waals surface area contributed by atoms with Crippen LogP contribution in [-0.2, 0) is 4.79 Å². The number of hydrogen-bond donors (Lipinski definition) is 4. The molecule has 0 saturated heterocycles. The highest BCUT2D eigenvalue weighted by Gasteiger charge is 2.26. The van der Waals surface area contributed by atoms with E-state index in [0.29, 0.717) is 23.5 Å². The van der Waals surface area contributed by atoms with Crippen LogP contribution in [0.15, 0.2) is 18.2 Å². The van der Waals surface area contributed by atoms with Gasteiger partial charge in [-0.2, -0.15) is 0 Å². The molecule has 0 aliphatic rings. The summed E-state index contributed by atoms with van der Waals surface area (Å²) < 4.78 is 0. The van der Waals surface area contributed by atoms with Gasteiger partial charge in [-0.25, -0.2) is 0 Å². The van der Waals surface area contributed by atoms with Crippen molar-refractivity contribution in [2.45, 2.75) is 13.8 Å². The number of hydrogen-bond acceptors (Lipinski definition) is 4. The molecule has 2 amide bonds. The Bertz CT molecular complexity index is 497. The van der Waals surface area contributed by atoms with Crippen molar-refractivity contribution in [3.63, 3.8) is 0 Å². The molecule has 0 bridgehead atoms. The van der Waals surface area contributed by atoms with E-state index in [9.17, 15) is 9.59 Å². The first-order valence-corrected chi connectivity index (χ1v) is 5.93. The Morgan fingerprint density at radius 3 is 2.42 bits per heavy atom. The molecule has 0 aliphatic heterocycles. The van der Waals surface area contributed by atoms with Gasteiger partial charge in [0, 0.05) is 19.2 Å². The number of nitrogen functional groups attached to an aromatic ring is 1. The number of carbonyl (C=O) groups excluding carboxylic acids is 2. The van der Waals surface area contributed by atoms with Gasteiger partial charge in [0.2, 0.25) is 11.8 Å². The van der Waals surface area contributed by atoms with Gasteiger partial charge in [0.1, 0.15) is 0 Å². The number of benzene rings is 1. The van der Waals surface area contributed by atoms with Gasteiger partial charge < -0.3 is 22.1 Å². The maximum atomic E-state index is 11.6. The summed E-state index contributed by atoms with van der Waals surface area (Å²) in [5.74, 6) is -0.587. The van der Waals surface area contributed by atoms with Crippen LogP contribution < -0.4 is 22.1 Å². The zero-order valence-electron chi connectivity index (χ0n) is 11.4. The van der Waals surface area contributed by atoms with Gasteiger partial charge >= 0.3 is 0 Å². The normalized spacial score (nSPS) is 10.9. The van der Waals surface area contributed by atoms with E-state index in [0.717, 1.165) is 0 Å². The third-order valence-electron chi connectivity index (χ3n) is 2.90. The number of nitrogens with two attached hydrogens (primary N) is 2. The Kier molecular flexibility index (Phi) is 4.37. The summed E-state index contributed by atoms with van der Waals surface area (Å²) in [5.41, 5.74) is 11.9. The van der Waals surface area contributed by atoms with E-state index in [-0.39, 0.29) is 5.91 Å². The second-order valence-electron chi connectivity index (χ2n) is 4.98. The maximum Gasteiger partial charge on any atom is 0.248 e. The van der Waals surface area contributed by atoms with E-state index in [4.69, 9.17) is 11.5 Å². The van der Waals surface area contributed by atoms with Crippen LogP contribution in [0.1, 0.15) is 24.2 Å². The largest absolute Gasteiger partial charge is 0.397 e. The molecule has 19 heavy (non-hydrogen) atoms. The lowest BCUT2D eigenvalue weighted by Gasteiger charge is -2.24. The monoisotopic (exact) mass is 264 g/mol. The van der Waals surface area contributed by atoms with Gasteiger partial charge in [0.25, 0.3) is 0 Å². The van der Waals surface area contributed by atoms with Gasteiger partial charge in [-0.3, -0.25) is 9.59 Å². The van der Waals surface area contributed by atoms with Crippen LogP contribution in [-0.4, -0.2) is 25.4 Å². The van der Waals surface area contributed by atoms with Crippen LogP contribution >= 0.6 is 0 Å². The Labute approximate surface area is 112 Å². The van der Waals surface area contributed by atoms with E-state index in [2.05, 4.69) is 10.6 Å². The number of rotatable bonds is 5. The van der Waals surface area contributed by atoms with E-state index in [1.165, 1.54) is 6.07 Å². The fraction of sp³-hybridized carbons (Fsp3) is 0.385. The van der Waals surface area contributed by atoms with Crippen molar-refractivity contribution in [2.24, 2.45) is 11.1 Å². The molecule has 0 spiro atoms. The quantitative estimate of drug-likeness (QED) is 0.582. The summed E-state index contributed by atoms with van der Waals surface area (Å²) in [6.45, 7) is 4.08. The third-order valence-corrected chi connectivity index (χ3v) is 2.90. The molecule has 104 valence electrons. The van der Waals surface area contributed by atoms with Crippen molar-refractivity contribution in [2.75, 3.05) is 24.6 Å². The van der Waals surface area contributed by atoms with E-state index >= 15 is 0 Å². The fourth-order valence-corrected chi connectivity index (χ4v) is 1.61. The van der Waals surface area contributed by atoms with Gasteiger partial charge in [-0.05, 0) is 32.0 Å². The predicted octanol–water partition coefficient (Wildman–Crippen LogP) is 0.552. The Balaban J connectivity index is 2.79. The molecule has 1 aromatic carbocycles. The highest BCUT2D eigenvalue weighted by Crippen LogP contribution is 2.22. The number of carbonyl (C=O) groups is 2. The average molecular weight is 264 g/mol. The van der Waals surface area contributed by atoms with Gasteiger partial charge in [-0.1, -0.05) is 0 Å². The predicted molar refractivity (Wildman–Crippen MR) is 75.7 cm³/mol. The molecule has 1 aromatic rings. The standard InChI is InChI=1S/C13H20N4O2/c1-13(2,12(19)16-3)7-17-10-5-4-8(11(15)18)6-9(10)14/h4-6,17H,7,14H2,1-3H3,(H2,15,18)(H,16,19). The second kappa shape index (κ2) is 5.60. The molecule has 0 atom stereocenters. The van der Waals surface area contributed by atoms with Crippen LogP contribution in [0.4, 0.5) is 11.4 Å². The Morgan fingerprint density at radius 2 is 1.95 bits per heavy atom. The third kappa shape index (κ3) is 3.61. The maximum absolute atomic E-state index is 11.6. The lowest BCUT2D eigenvalue weighted by atomic mass is 9.92. The smallest absolute Gasteiger partial charge is 0.248 e. The summed E-state index contributed by atoms with van der Waals surface area (Å²) >= 11 is 0. The first kappa shape index (κ1) is 14.8. The molecule has 0 heterocycles. The van der Waals surface area contributed by atoms with Crippen molar-refractivity contribution in [1.82, 2.24) is 5.32 Å². The topological polar surface area (TPSA) is 110 Å². The minimum atomic E-state index is -0.566. The minimum Gasteiger partial charge on any atom is -0.397 e. The van der Waals surface area contributed by atoms with Crippen molar-refractivity contribution >= 4 is 23.2 Å². The molecule has 0 fully saturated rings. The lowest BCUT2D eigenvalue weighted by Crippen LogP contribution is -2.39. The molecule has 0 unspecified atom stereocenters. The van der Waals surface area contributed by atoms with Crippen LogP contribution in [0.25, 0.3) is 0 Å². The van der Waals surface area contributed by atoms with E-state index < -0.39 is 11.3 Å².